The van der Waals surface area contributed by atoms with Crippen molar-refractivity contribution in [3.8, 4) is 11.4 Å². The first-order chi connectivity index (χ1) is 14.0. The van der Waals surface area contributed by atoms with E-state index in [2.05, 4.69) is 14.9 Å². The average molecular weight is 407 g/mol. The summed E-state index contributed by atoms with van der Waals surface area (Å²) < 4.78 is 9.10. The molecule has 0 N–H and O–H groups in total. The lowest BCUT2D eigenvalue weighted by atomic mass is 10.1. The van der Waals surface area contributed by atoms with Crippen molar-refractivity contribution in [2.45, 2.75) is 25.4 Å². The molecule has 2 aromatic rings. The van der Waals surface area contributed by atoms with Crippen LogP contribution in [0.1, 0.15) is 25.7 Å². The Balaban J connectivity index is 0.000000537. The number of carbonyl (C=O) groups is 1. The second-order valence-electron chi connectivity index (χ2n) is 6.15. The van der Waals surface area contributed by atoms with E-state index in [9.17, 15) is 25.0 Å². The molecule has 0 radical (unpaired) electrons. The van der Waals surface area contributed by atoms with Crippen LogP contribution in [-0.2, 0) is 15.2 Å². The van der Waals surface area contributed by atoms with Gasteiger partial charge in [-0.25, -0.2) is 0 Å². The van der Waals surface area contributed by atoms with Gasteiger partial charge in [-0.05, 0) is 32.9 Å². The maximum Gasteiger partial charge on any atom is 0.547 e. The number of hydrogen-bond donors (Lipinski definition) is 0. The maximum atomic E-state index is 11.6. The molecule has 0 bridgehead atoms. The molecule has 1 aliphatic heterocycles. The number of likely N-dealkylation sites (tertiary alicyclic amines) is 1. The van der Waals surface area contributed by atoms with Crippen molar-refractivity contribution < 1.29 is 23.9 Å². The molecule has 1 fully saturated rings. The molecule has 0 atom stereocenters. The van der Waals surface area contributed by atoms with E-state index in [0.29, 0.717) is 31.7 Å². The molecule has 1 aromatic carbocycles. The van der Waals surface area contributed by atoms with Gasteiger partial charge in [0, 0.05) is 5.56 Å². The third-order valence-corrected chi connectivity index (χ3v) is 4.28. The number of aromatic nitrogens is 2. The molecule has 0 amide bonds. The second-order valence-corrected chi connectivity index (χ2v) is 6.15. The first-order valence-corrected chi connectivity index (χ1v) is 8.92. The van der Waals surface area contributed by atoms with Crippen molar-refractivity contribution in [3.63, 3.8) is 0 Å². The van der Waals surface area contributed by atoms with E-state index in [1.165, 1.54) is 0 Å². The lowest BCUT2D eigenvalue weighted by Crippen LogP contribution is -2.51. The molecule has 1 aromatic heterocycles. The van der Waals surface area contributed by atoms with Crippen LogP contribution < -0.4 is 0 Å². The minimum Gasteiger partial charge on any atom is -0.468 e. The van der Waals surface area contributed by atoms with Crippen LogP contribution in [0.15, 0.2) is 34.9 Å². The lowest BCUT2D eigenvalue weighted by Gasteiger charge is -2.19. The lowest BCUT2D eigenvalue weighted by molar-refractivity contribution is -0.813. The van der Waals surface area contributed by atoms with Gasteiger partial charge in [0.2, 0.25) is 5.82 Å². The first kappa shape index (κ1) is 21.9. The van der Waals surface area contributed by atoms with E-state index < -0.39 is 27.9 Å². The highest BCUT2D eigenvalue weighted by molar-refractivity contribution is 5.53. The number of benzene rings is 1. The second kappa shape index (κ2) is 10.2. The van der Waals surface area contributed by atoms with Gasteiger partial charge in [0.25, 0.3) is 6.47 Å². The van der Waals surface area contributed by atoms with Crippen LogP contribution in [0.5, 0.6) is 0 Å². The van der Waals surface area contributed by atoms with E-state index in [-0.39, 0.29) is 5.82 Å². The van der Waals surface area contributed by atoms with E-state index in [0.717, 1.165) is 12.8 Å². The SMILES string of the molecule is CCOC=O.O=[N+]([O-])C(CN1CCCC1)(c1nc(-c2ccccc2)no1)[N+](=O)[O-]. The Morgan fingerprint density at radius 3 is 2.31 bits per heavy atom. The van der Waals surface area contributed by atoms with Gasteiger partial charge in [0.15, 0.2) is 6.54 Å². The standard InChI is InChI=1S/C14H15N5O5.C3H6O2/c20-18(21)14(19(22)23,10-17-8-4-5-9-17)13-15-12(16-24-13)11-6-2-1-3-7-11;1-2-5-3-4/h1-3,6-7H,4-5,8-10H2;3H,2H2,1H3. The van der Waals surface area contributed by atoms with Crippen molar-refractivity contribution in [2.75, 3.05) is 26.2 Å². The summed E-state index contributed by atoms with van der Waals surface area (Å²) in [6, 6.07) is 8.65. The molecule has 29 heavy (non-hydrogen) atoms. The van der Waals surface area contributed by atoms with Crippen LogP contribution >= 0.6 is 0 Å². The Hall–Kier alpha value is -3.41. The fraction of sp³-hybridized carbons (Fsp3) is 0.471. The van der Waals surface area contributed by atoms with E-state index in [1.807, 2.05) is 0 Å². The molecule has 3 rings (SSSR count). The van der Waals surface area contributed by atoms with Gasteiger partial charge in [0.05, 0.1) is 6.61 Å². The van der Waals surface area contributed by atoms with Gasteiger partial charge >= 0.3 is 11.6 Å². The Labute approximate surface area is 165 Å². The Bertz CT molecular complexity index is 807. The molecule has 2 heterocycles. The van der Waals surface area contributed by atoms with Crippen molar-refractivity contribution >= 4 is 6.47 Å². The number of ether oxygens (including phenoxy) is 1. The van der Waals surface area contributed by atoms with E-state index in [1.54, 1.807) is 42.2 Å². The summed E-state index contributed by atoms with van der Waals surface area (Å²) in [6.45, 7) is 3.41. The smallest absolute Gasteiger partial charge is 0.468 e. The number of hydrogen-bond acceptors (Lipinski definition) is 10. The molecule has 12 heteroatoms. The molecule has 1 aliphatic rings. The van der Waals surface area contributed by atoms with Gasteiger partial charge in [0.1, 0.15) is 9.85 Å². The number of carbonyl (C=O) groups excluding carboxylic acids is 1. The van der Waals surface area contributed by atoms with Gasteiger partial charge < -0.3 is 9.26 Å². The molecular weight excluding hydrogens is 386 g/mol. The quantitative estimate of drug-likeness (QED) is 0.273. The van der Waals surface area contributed by atoms with Crippen molar-refractivity contribution in [3.05, 3.63) is 56.5 Å². The van der Waals surface area contributed by atoms with Gasteiger partial charge in [-0.2, -0.15) is 4.98 Å². The van der Waals surface area contributed by atoms with Crippen molar-refractivity contribution in [1.29, 1.82) is 0 Å². The largest absolute Gasteiger partial charge is 0.547 e. The highest BCUT2D eigenvalue weighted by Crippen LogP contribution is 2.29. The molecule has 0 unspecified atom stereocenters. The predicted molar refractivity (Wildman–Crippen MR) is 98.8 cm³/mol. The number of nitro groups is 2. The molecule has 0 aliphatic carbocycles. The fourth-order valence-electron chi connectivity index (χ4n) is 2.82. The average Bonchev–Trinajstić information content (AvgIpc) is 3.39. The minimum absolute atomic E-state index is 0.0834. The summed E-state index contributed by atoms with van der Waals surface area (Å²) in [5, 5.41) is 26.9. The molecule has 1 saturated heterocycles. The number of nitrogens with zero attached hydrogens (tertiary/aromatic N) is 5. The topological polar surface area (TPSA) is 155 Å². The minimum atomic E-state index is -2.66. The zero-order valence-corrected chi connectivity index (χ0v) is 15.8. The van der Waals surface area contributed by atoms with Crippen LogP contribution in [0.4, 0.5) is 0 Å². The van der Waals surface area contributed by atoms with Crippen LogP contribution in [0, 0.1) is 20.2 Å². The maximum absolute atomic E-state index is 11.6. The first-order valence-electron chi connectivity index (χ1n) is 8.92. The predicted octanol–water partition coefficient (Wildman–Crippen LogP) is 1.72. The Morgan fingerprint density at radius 2 is 1.83 bits per heavy atom. The van der Waals surface area contributed by atoms with E-state index in [4.69, 9.17) is 4.52 Å². The Morgan fingerprint density at radius 1 is 1.21 bits per heavy atom. The number of rotatable bonds is 8. The van der Waals surface area contributed by atoms with Crippen LogP contribution in [0.25, 0.3) is 11.4 Å². The zero-order chi connectivity index (χ0) is 21.3. The van der Waals surface area contributed by atoms with Crippen molar-refractivity contribution in [2.24, 2.45) is 0 Å². The van der Waals surface area contributed by atoms with Crippen molar-refractivity contribution in [1.82, 2.24) is 15.0 Å². The normalized spacial score (nSPS) is 14.0. The highest BCUT2D eigenvalue weighted by Gasteiger charge is 2.64. The third-order valence-electron chi connectivity index (χ3n) is 4.28. The highest BCUT2D eigenvalue weighted by atomic mass is 16.7. The summed E-state index contributed by atoms with van der Waals surface area (Å²) >= 11 is 0. The zero-order valence-electron chi connectivity index (χ0n) is 15.8. The monoisotopic (exact) mass is 407 g/mol. The van der Waals surface area contributed by atoms with Gasteiger partial charge in [-0.15, -0.1) is 0 Å². The van der Waals surface area contributed by atoms with Crippen LogP contribution in [0.2, 0.25) is 0 Å². The molecule has 12 nitrogen and oxygen atoms in total. The third kappa shape index (κ3) is 5.10. The summed E-state index contributed by atoms with van der Waals surface area (Å²) in [5.41, 5.74) is -2.10. The summed E-state index contributed by atoms with van der Waals surface area (Å²) in [7, 11) is 0. The van der Waals surface area contributed by atoms with Crippen LogP contribution in [0.3, 0.4) is 0 Å². The molecule has 0 saturated carbocycles. The summed E-state index contributed by atoms with van der Waals surface area (Å²) in [4.78, 5) is 36.1. The molecule has 0 spiro atoms. The summed E-state index contributed by atoms with van der Waals surface area (Å²) in [6.07, 6.45) is 1.70. The Kier molecular flexibility index (Phi) is 7.71. The van der Waals surface area contributed by atoms with Gasteiger partial charge in [-0.3, -0.25) is 29.9 Å². The molecule has 156 valence electrons. The summed E-state index contributed by atoms with van der Waals surface area (Å²) in [5.74, 6) is -0.525. The van der Waals surface area contributed by atoms with Gasteiger partial charge in [-0.1, -0.05) is 35.5 Å². The van der Waals surface area contributed by atoms with E-state index >= 15 is 0 Å². The fourth-order valence-corrected chi connectivity index (χ4v) is 2.82. The van der Waals surface area contributed by atoms with Crippen LogP contribution in [-0.4, -0.2) is 57.6 Å². The molecular formula is C17H21N5O7.